The number of quaternary nitrogens is 1. The molecule has 2 N–H and O–H groups in total. The van der Waals surface area contributed by atoms with Gasteiger partial charge in [-0.05, 0) is 73.5 Å². The van der Waals surface area contributed by atoms with Crippen molar-refractivity contribution in [1.82, 2.24) is 20.1 Å². The van der Waals surface area contributed by atoms with Crippen LogP contribution in [-0.4, -0.2) is 37.2 Å². The molecule has 2 aliphatic heterocycles. The molecule has 1 aromatic heterocycles. The van der Waals surface area contributed by atoms with Crippen LogP contribution in [0.15, 0.2) is 60.8 Å². The second-order valence-electron chi connectivity index (χ2n) is 10.3. The Kier molecular flexibility index (Phi) is 7.94. The molecule has 1 unspecified atom stereocenters. The number of carbonyl (C=O) groups excluding carboxylic acids is 1. The van der Waals surface area contributed by atoms with E-state index in [9.17, 15) is 22.4 Å². The fourth-order valence-electron chi connectivity index (χ4n) is 5.80. The first-order valence-electron chi connectivity index (χ1n) is 12.8. The first kappa shape index (κ1) is 28.5. The van der Waals surface area contributed by atoms with E-state index in [1.807, 2.05) is 0 Å². The highest BCUT2D eigenvalue weighted by atomic mass is 35.5. The molecule has 40 heavy (non-hydrogen) atoms. The summed E-state index contributed by atoms with van der Waals surface area (Å²) in [7, 11) is 0. The van der Waals surface area contributed by atoms with Crippen LogP contribution in [-0.2, 0) is 18.1 Å². The molecule has 1 saturated heterocycles. The van der Waals surface area contributed by atoms with E-state index < -0.39 is 23.0 Å². The third kappa shape index (κ3) is 5.61. The van der Waals surface area contributed by atoms with E-state index in [0.29, 0.717) is 22.9 Å². The molecule has 3 heterocycles. The predicted molar refractivity (Wildman–Crippen MR) is 149 cm³/mol. The van der Waals surface area contributed by atoms with E-state index in [4.69, 9.17) is 23.2 Å². The van der Waals surface area contributed by atoms with E-state index in [-0.39, 0.29) is 28.6 Å². The van der Waals surface area contributed by atoms with Crippen LogP contribution in [0.5, 0.6) is 0 Å². The topological polar surface area (TPSA) is 54.0 Å². The number of amides is 2. The van der Waals surface area contributed by atoms with Crippen molar-refractivity contribution in [2.75, 3.05) is 26.2 Å². The molecule has 11 heteroatoms. The molecule has 2 aromatic carbocycles. The Morgan fingerprint density at radius 2 is 1.82 bits per heavy atom. The minimum absolute atomic E-state index is 0.0762. The number of rotatable bonds is 5. The molecule has 0 saturated carbocycles. The zero-order valence-electron chi connectivity index (χ0n) is 21.4. The zero-order valence-corrected chi connectivity index (χ0v) is 22.9. The molecule has 0 bridgehead atoms. The summed E-state index contributed by atoms with van der Waals surface area (Å²) >= 11 is 12.3. The van der Waals surface area contributed by atoms with Crippen molar-refractivity contribution in [3.8, 4) is 0 Å². The van der Waals surface area contributed by atoms with E-state index in [1.54, 1.807) is 30.5 Å². The first-order chi connectivity index (χ1) is 19.0. The lowest BCUT2D eigenvalue weighted by molar-refractivity contribution is -0.137. The maximum Gasteiger partial charge on any atom is 0.422 e. The SMILES string of the molecule is O=C(NCc1ccnc(Cl)c1)[N+]1(C/C=C/c2ccc(C(F)(F)F)cc2)CC2(CCNCC2)c2cc(F)c(Cl)cc21. The van der Waals surface area contributed by atoms with Crippen LogP contribution in [0.1, 0.15) is 35.1 Å². The molecule has 1 atom stereocenters. The second-order valence-corrected chi connectivity index (χ2v) is 11.1. The van der Waals surface area contributed by atoms with Gasteiger partial charge in [-0.2, -0.15) is 13.2 Å². The molecule has 0 aliphatic carbocycles. The van der Waals surface area contributed by atoms with E-state index in [0.717, 1.165) is 49.2 Å². The molecule has 5 nitrogen and oxygen atoms in total. The average Bonchev–Trinajstić information content (AvgIpc) is 3.16. The number of benzene rings is 2. The minimum Gasteiger partial charge on any atom is -0.317 e. The fraction of sp³-hybridized carbons (Fsp3) is 0.310. The number of alkyl halides is 3. The van der Waals surface area contributed by atoms with Crippen molar-refractivity contribution in [3.05, 3.63) is 99.1 Å². The predicted octanol–water partition coefficient (Wildman–Crippen LogP) is 7.11. The third-order valence-electron chi connectivity index (χ3n) is 7.79. The van der Waals surface area contributed by atoms with Crippen LogP contribution < -0.4 is 15.1 Å². The normalized spacial score (nSPS) is 20.1. The number of pyridine rings is 1. The van der Waals surface area contributed by atoms with Gasteiger partial charge in [-0.1, -0.05) is 41.4 Å². The minimum atomic E-state index is -4.43. The van der Waals surface area contributed by atoms with Gasteiger partial charge in [0.05, 0.1) is 16.0 Å². The highest BCUT2D eigenvalue weighted by molar-refractivity contribution is 6.31. The van der Waals surface area contributed by atoms with E-state index >= 15 is 0 Å². The summed E-state index contributed by atoms with van der Waals surface area (Å²) in [6.07, 6.45) is 2.03. The van der Waals surface area contributed by atoms with E-state index in [1.165, 1.54) is 24.3 Å². The number of hydrogen-bond acceptors (Lipinski definition) is 3. The molecule has 5 rings (SSSR count). The Morgan fingerprint density at radius 1 is 1.10 bits per heavy atom. The highest BCUT2D eigenvalue weighted by Crippen LogP contribution is 2.51. The number of urea groups is 1. The number of carbonyl (C=O) groups is 1. The summed E-state index contributed by atoms with van der Waals surface area (Å²) in [5.41, 5.74) is 1.54. The monoisotopic (exact) mass is 593 g/mol. The number of nitrogens with one attached hydrogen (secondary N) is 2. The van der Waals surface area contributed by atoms with Gasteiger partial charge < -0.3 is 10.6 Å². The van der Waals surface area contributed by atoms with Gasteiger partial charge >= 0.3 is 12.2 Å². The van der Waals surface area contributed by atoms with Crippen LogP contribution in [0.4, 0.5) is 28.0 Å². The van der Waals surface area contributed by atoms with Crippen molar-refractivity contribution in [2.45, 2.75) is 31.0 Å². The van der Waals surface area contributed by atoms with Crippen LogP contribution in [0.2, 0.25) is 10.2 Å². The summed E-state index contributed by atoms with van der Waals surface area (Å²) in [5.74, 6) is -0.537. The number of nitrogens with zero attached hydrogens (tertiary/aromatic N) is 2. The molecular formula is C29H27Cl2F4N4O+. The van der Waals surface area contributed by atoms with Gasteiger partial charge in [0.25, 0.3) is 0 Å². The Labute approximate surface area is 239 Å². The largest absolute Gasteiger partial charge is 0.422 e. The number of hydrogen-bond donors (Lipinski definition) is 2. The third-order valence-corrected chi connectivity index (χ3v) is 8.29. The summed E-state index contributed by atoms with van der Waals surface area (Å²) in [6, 6.07) is 10.9. The smallest absolute Gasteiger partial charge is 0.317 e. The van der Waals surface area contributed by atoms with Crippen LogP contribution in [0.3, 0.4) is 0 Å². The van der Waals surface area contributed by atoms with E-state index in [2.05, 4.69) is 15.6 Å². The number of halogens is 6. The number of piperidine rings is 1. The molecule has 2 amide bonds. The van der Waals surface area contributed by atoms with Crippen molar-refractivity contribution < 1.29 is 22.4 Å². The van der Waals surface area contributed by atoms with Gasteiger partial charge in [-0.25, -0.2) is 18.7 Å². The van der Waals surface area contributed by atoms with Crippen molar-refractivity contribution in [1.29, 1.82) is 0 Å². The Balaban J connectivity index is 1.51. The van der Waals surface area contributed by atoms with Crippen LogP contribution >= 0.6 is 23.2 Å². The number of aromatic nitrogens is 1. The Morgan fingerprint density at radius 3 is 2.50 bits per heavy atom. The molecule has 0 radical (unpaired) electrons. The van der Waals surface area contributed by atoms with Crippen LogP contribution in [0.25, 0.3) is 6.08 Å². The van der Waals surface area contributed by atoms with Crippen LogP contribution in [0, 0.1) is 5.82 Å². The van der Waals surface area contributed by atoms with Gasteiger partial charge in [-0.15, -0.1) is 0 Å². The lowest BCUT2D eigenvalue weighted by Crippen LogP contribution is -2.60. The molecule has 210 valence electrons. The summed E-state index contributed by atoms with van der Waals surface area (Å²) in [5, 5.41) is 6.58. The van der Waals surface area contributed by atoms with Crippen molar-refractivity contribution in [3.63, 3.8) is 0 Å². The molecular weight excluding hydrogens is 567 g/mol. The summed E-state index contributed by atoms with van der Waals surface area (Å²) in [4.78, 5) is 18.1. The zero-order chi connectivity index (χ0) is 28.5. The first-order valence-corrected chi connectivity index (χ1v) is 13.6. The summed E-state index contributed by atoms with van der Waals surface area (Å²) in [6.45, 7) is 2.23. The fourth-order valence-corrected chi connectivity index (χ4v) is 6.15. The van der Waals surface area contributed by atoms with Gasteiger partial charge in [0.15, 0.2) is 0 Å². The average molecular weight is 594 g/mol. The van der Waals surface area contributed by atoms with Gasteiger partial charge in [0.1, 0.15) is 29.7 Å². The Bertz CT molecular complexity index is 1440. The Hall–Kier alpha value is -2.98. The molecule has 1 fully saturated rings. The summed E-state index contributed by atoms with van der Waals surface area (Å²) < 4.78 is 53.6. The molecule has 1 spiro atoms. The van der Waals surface area contributed by atoms with Gasteiger partial charge in [-0.3, -0.25) is 0 Å². The molecule has 2 aliphatic rings. The second kappa shape index (κ2) is 11.1. The molecule has 3 aromatic rings. The van der Waals surface area contributed by atoms with Gasteiger partial charge in [0, 0.05) is 24.4 Å². The van der Waals surface area contributed by atoms with Crippen molar-refractivity contribution >= 4 is 41.0 Å². The maximum atomic E-state index is 14.8. The highest BCUT2D eigenvalue weighted by Gasteiger charge is 2.57. The van der Waals surface area contributed by atoms with Gasteiger partial charge in [0.2, 0.25) is 0 Å². The lowest BCUT2D eigenvalue weighted by Gasteiger charge is -2.36. The number of fused-ring (bicyclic) bond motifs is 2. The standard InChI is InChI=1S/C29H26Cl2F4N4O/c30-23-16-25-22(15-24(23)32)28(8-11-36-12-9-28)18-39(25,27(40)38-17-20-7-10-37-26(31)14-20)13-1-2-19-3-5-21(6-4-19)29(33,34)35/h1-7,10,14-16,36H,8-9,11-13,17-18H2/p+1/b2-1+. The quantitative estimate of drug-likeness (QED) is 0.188. The maximum absolute atomic E-state index is 14.8. The van der Waals surface area contributed by atoms with Crippen molar-refractivity contribution in [2.24, 2.45) is 0 Å². The lowest BCUT2D eigenvalue weighted by atomic mass is 9.74.